The lowest BCUT2D eigenvalue weighted by atomic mass is 9.77. The molecule has 2 aromatic rings. The molecule has 1 spiro atoms. The molecule has 0 radical (unpaired) electrons. The molecule has 28 heavy (non-hydrogen) atoms. The van der Waals surface area contributed by atoms with Crippen LogP contribution in [0.15, 0.2) is 18.6 Å². The van der Waals surface area contributed by atoms with Crippen LogP contribution in [0.5, 0.6) is 0 Å². The molecule has 0 aliphatic carbocycles. The van der Waals surface area contributed by atoms with E-state index in [2.05, 4.69) is 15.0 Å². The summed E-state index contributed by atoms with van der Waals surface area (Å²) in [5, 5.41) is 22.7. The highest BCUT2D eigenvalue weighted by atomic mass is 16.4. The zero-order valence-electron chi connectivity index (χ0n) is 15.4. The van der Waals surface area contributed by atoms with Crippen LogP contribution in [0, 0.1) is 5.92 Å². The minimum absolute atomic E-state index is 0.0557. The Morgan fingerprint density at radius 1 is 1.25 bits per heavy atom. The van der Waals surface area contributed by atoms with E-state index in [1.54, 1.807) is 24.3 Å². The first-order valence-electron chi connectivity index (χ1n) is 9.09. The van der Waals surface area contributed by atoms with Gasteiger partial charge in [0, 0.05) is 51.1 Å². The van der Waals surface area contributed by atoms with Crippen molar-refractivity contribution < 1.29 is 24.6 Å². The molecular formula is C18H21N5O5. The molecule has 4 heterocycles. The summed E-state index contributed by atoms with van der Waals surface area (Å²) in [5.41, 5.74) is 0.624. The molecular weight excluding hydrogens is 366 g/mol. The molecule has 10 heteroatoms. The molecule has 2 N–H and O–H groups in total. The van der Waals surface area contributed by atoms with Gasteiger partial charge in [-0.05, 0) is 12.8 Å². The van der Waals surface area contributed by atoms with Gasteiger partial charge in [-0.3, -0.25) is 14.5 Å². The maximum absolute atomic E-state index is 12.1. The molecule has 2 aromatic heterocycles. The van der Waals surface area contributed by atoms with Crippen molar-refractivity contribution >= 4 is 23.5 Å². The van der Waals surface area contributed by atoms with E-state index in [0.29, 0.717) is 38.1 Å². The topological polar surface area (TPSA) is 128 Å². The number of aromatic nitrogens is 3. The van der Waals surface area contributed by atoms with Crippen LogP contribution in [0.4, 0.5) is 0 Å². The van der Waals surface area contributed by atoms with Gasteiger partial charge < -0.3 is 15.1 Å². The molecule has 0 bridgehead atoms. The molecule has 0 unspecified atom stereocenters. The molecule has 2 aliphatic heterocycles. The average Bonchev–Trinajstić information content (AvgIpc) is 3.18. The summed E-state index contributed by atoms with van der Waals surface area (Å²) < 4.78 is 1.45. The van der Waals surface area contributed by atoms with E-state index in [4.69, 9.17) is 5.11 Å². The molecule has 2 fully saturated rings. The predicted octanol–water partition coefficient (Wildman–Crippen LogP) is 0.325. The van der Waals surface area contributed by atoms with Gasteiger partial charge in [-0.2, -0.15) is 5.10 Å². The van der Waals surface area contributed by atoms with Gasteiger partial charge in [-0.25, -0.2) is 14.3 Å². The standard InChI is InChI=1S/C18H21N5O5/c1-21-14(24)6-13(17(27)28)18(21)2-4-22(5-3-18)9-11-7-19-15-12(16(25)26)8-20-23(15)10-11/h7-8,10,13H,2-6,9H2,1H3,(H,25,26)(H,27,28)/t13-/m1/s1. The second kappa shape index (κ2) is 6.55. The largest absolute Gasteiger partial charge is 0.481 e. The van der Waals surface area contributed by atoms with E-state index in [9.17, 15) is 19.5 Å². The van der Waals surface area contributed by atoms with Crippen LogP contribution in [0.2, 0.25) is 0 Å². The summed E-state index contributed by atoms with van der Waals surface area (Å²) in [6, 6.07) is 0. The molecule has 1 amide bonds. The van der Waals surface area contributed by atoms with Gasteiger partial charge in [-0.1, -0.05) is 0 Å². The number of aliphatic carboxylic acids is 1. The first-order chi connectivity index (χ1) is 13.3. The summed E-state index contributed by atoms with van der Waals surface area (Å²) in [4.78, 5) is 42.9. The number of aromatic carboxylic acids is 1. The Morgan fingerprint density at radius 3 is 2.61 bits per heavy atom. The van der Waals surface area contributed by atoms with Crippen molar-refractivity contribution in [1.29, 1.82) is 0 Å². The molecule has 2 aliphatic rings. The van der Waals surface area contributed by atoms with E-state index >= 15 is 0 Å². The van der Waals surface area contributed by atoms with Gasteiger partial charge in [0.25, 0.3) is 0 Å². The number of fused-ring (bicyclic) bond motifs is 1. The first-order valence-corrected chi connectivity index (χ1v) is 9.09. The quantitative estimate of drug-likeness (QED) is 0.768. The fraction of sp³-hybridized carbons (Fsp3) is 0.500. The van der Waals surface area contributed by atoms with Crippen LogP contribution < -0.4 is 0 Å². The zero-order chi connectivity index (χ0) is 20.1. The molecule has 10 nitrogen and oxygen atoms in total. The Morgan fingerprint density at radius 2 is 1.96 bits per heavy atom. The number of carboxylic acid groups (broad SMARTS) is 2. The van der Waals surface area contributed by atoms with Gasteiger partial charge in [0.1, 0.15) is 5.56 Å². The lowest BCUT2D eigenvalue weighted by Gasteiger charge is -2.45. The second-order valence-corrected chi connectivity index (χ2v) is 7.52. The number of amides is 1. The van der Waals surface area contributed by atoms with Crippen LogP contribution in [-0.2, 0) is 16.1 Å². The maximum Gasteiger partial charge on any atom is 0.341 e. The van der Waals surface area contributed by atoms with Crippen molar-refractivity contribution in [2.45, 2.75) is 31.3 Å². The van der Waals surface area contributed by atoms with E-state index in [1.165, 1.54) is 10.7 Å². The monoisotopic (exact) mass is 387 g/mol. The van der Waals surface area contributed by atoms with Gasteiger partial charge >= 0.3 is 11.9 Å². The third-order valence-electron chi connectivity index (χ3n) is 6.14. The SMILES string of the molecule is CN1C(=O)C[C@H](C(=O)O)C12CCN(Cc1cnc3c(C(=O)O)cnn3c1)CC2. The highest BCUT2D eigenvalue weighted by molar-refractivity contribution is 5.94. The molecule has 148 valence electrons. The number of nitrogens with zero attached hydrogens (tertiary/aromatic N) is 5. The Labute approximate surface area is 160 Å². The van der Waals surface area contributed by atoms with Crippen molar-refractivity contribution in [2.75, 3.05) is 20.1 Å². The van der Waals surface area contributed by atoms with E-state index in [-0.39, 0.29) is 17.9 Å². The fourth-order valence-corrected chi connectivity index (χ4v) is 4.49. The molecule has 4 rings (SSSR count). The maximum atomic E-state index is 12.1. The van der Waals surface area contributed by atoms with E-state index < -0.39 is 23.4 Å². The summed E-state index contributed by atoms with van der Waals surface area (Å²) in [6.45, 7) is 1.93. The highest BCUT2D eigenvalue weighted by Gasteiger charge is 2.55. The van der Waals surface area contributed by atoms with Crippen molar-refractivity contribution in [3.8, 4) is 0 Å². The number of likely N-dealkylation sites (tertiary alicyclic amines) is 2. The number of hydrogen-bond donors (Lipinski definition) is 2. The summed E-state index contributed by atoms with van der Waals surface area (Å²) in [5.74, 6) is -2.75. The van der Waals surface area contributed by atoms with Crippen molar-refractivity contribution in [1.82, 2.24) is 24.4 Å². The third kappa shape index (κ3) is 2.80. The van der Waals surface area contributed by atoms with Crippen LogP contribution >= 0.6 is 0 Å². The lowest BCUT2D eigenvalue weighted by Crippen LogP contribution is -2.55. The van der Waals surface area contributed by atoms with Crippen LogP contribution in [0.25, 0.3) is 5.65 Å². The normalized spacial score (nSPS) is 22.2. The van der Waals surface area contributed by atoms with Crippen molar-refractivity contribution in [2.24, 2.45) is 5.92 Å². The first kappa shape index (κ1) is 18.4. The van der Waals surface area contributed by atoms with E-state index in [1.807, 2.05) is 0 Å². The number of hydrogen-bond acceptors (Lipinski definition) is 6. The number of rotatable bonds is 4. The molecule has 2 saturated heterocycles. The van der Waals surface area contributed by atoms with Crippen molar-refractivity contribution in [3.63, 3.8) is 0 Å². The smallest absolute Gasteiger partial charge is 0.341 e. The number of piperidine rings is 1. The van der Waals surface area contributed by atoms with Gasteiger partial charge in [-0.15, -0.1) is 0 Å². The van der Waals surface area contributed by atoms with Crippen LogP contribution in [-0.4, -0.2) is 78.1 Å². The Bertz CT molecular complexity index is 962. The highest BCUT2D eigenvalue weighted by Crippen LogP contribution is 2.42. The number of carbonyl (C=O) groups is 3. The average molecular weight is 387 g/mol. The summed E-state index contributed by atoms with van der Waals surface area (Å²) >= 11 is 0. The van der Waals surface area contributed by atoms with Gasteiger partial charge in [0.2, 0.25) is 5.91 Å². The second-order valence-electron chi connectivity index (χ2n) is 7.52. The summed E-state index contributed by atoms with van der Waals surface area (Å²) in [7, 11) is 1.70. The van der Waals surface area contributed by atoms with Crippen LogP contribution in [0.3, 0.4) is 0 Å². The number of carboxylic acids is 2. The lowest BCUT2D eigenvalue weighted by molar-refractivity contribution is -0.146. The minimum Gasteiger partial charge on any atom is -0.481 e. The Balaban J connectivity index is 1.47. The minimum atomic E-state index is -1.07. The number of carbonyl (C=O) groups excluding carboxylic acids is 1. The van der Waals surface area contributed by atoms with E-state index in [0.717, 1.165) is 5.56 Å². The van der Waals surface area contributed by atoms with Gasteiger partial charge in [0.05, 0.1) is 17.7 Å². The predicted molar refractivity (Wildman–Crippen MR) is 95.7 cm³/mol. The molecule has 1 atom stereocenters. The third-order valence-corrected chi connectivity index (χ3v) is 6.14. The zero-order valence-corrected chi connectivity index (χ0v) is 15.4. The van der Waals surface area contributed by atoms with Crippen molar-refractivity contribution in [3.05, 3.63) is 29.7 Å². The Hall–Kier alpha value is -3.01. The Kier molecular flexibility index (Phi) is 4.30. The fourth-order valence-electron chi connectivity index (χ4n) is 4.49. The molecule has 0 aromatic carbocycles. The summed E-state index contributed by atoms with van der Waals surface area (Å²) in [6.07, 6.45) is 5.94. The molecule has 0 saturated carbocycles. The van der Waals surface area contributed by atoms with Gasteiger partial charge in [0.15, 0.2) is 5.65 Å². The van der Waals surface area contributed by atoms with Crippen LogP contribution in [0.1, 0.15) is 35.2 Å².